The molecule has 0 fully saturated rings. The molecule has 0 aliphatic rings. The van der Waals surface area contributed by atoms with Gasteiger partial charge in [0.2, 0.25) is 11.7 Å². The molecule has 8 heteroatoms. The lowest BCUT2D eigenvalue weighted by Crippen LogP contribution is -2.39. The summed E-state index contributed by atoms with van der Waals surface area (Å²) in [6.07, 6.45) is 2.72. The number of halogens is 1. The third-order valence-electron chi connectivity index (χ3n) is 3.72. The van der Waals surface area contributed by atoms with Gasteiger partial charge in [-0.05, 0) is 51.3 Å². The third kappa shape index (κ3) is 6.53. The molecule has 0 saturated heterocycles. The van der Waals surface area contributed by atoms with E-state index in [1.165, 1.54) is 0 Å². The highest BCUT2D eigenvalue weighted by molar-refractivity contribution is 7.99. The van der Waals surface area contributed by atoms with Gasteiger partial charge in [0.1, 0.15) is 0 Å². The molecule has 0 aliphatic heterocycles. The Labute approximate surface area is 164 Å². The van der Waals surface area contributed by atoms with Gasteiger partial charge in [-0.1, -0.05) is 16.8 Å². The van der Waals surface area contributed by atoms with Gasteiger partial charge >= 0.3 is 0 Å². The number of nitrogens with one attached hydrogen (secondary N) is 2. The molecular weight excluding hydrogens is 370 g/mol. The summed E-state index contributed by atoms with van der Waals surface area (Å²) in [7, 11) is 0. The zero-order chi connectivity index (χ0) is 19.0. The largest absolute Gasteiger partial charge is 0.357 e. The minimum absolute atomic E-state index is 0.113. The first kappa shape index (κ1) is 20.6. The fourth-order valence-electron chi connectivity index (χ4n) is 2.04. The summed E-state index contributed by atoms with van der Waals surface area (Å²) in [5, 5.41) is 11.3. The maximum absolute atomic E-state index is 5.90. The summed E-state index contributed by atoms with van der Waals surface area (Å²) in [6, 6.07) is 7.37. The van der Waals surface area contributed by atoms with Crippen molar-refractivity contribution in [3.8, 4) is 11.4 Å². The highest BCUT2D eigenvalue weighted by Gasteiger charge is 2.15. The van der Waals surface area contributed by atoms with Crippen molar-refractivity contribution in [1.29, 1.82) is 0 Å². The van der Waals surface area contributed by atoms with E-state index in [1.54, 1.807) is 11.8 Å². The third-order valence-corrected chi connectivity index (χ3v) is 5.20. The van der Waals surface area contributed by atoms with Crippen LogP contribution in [0.5, 0.6) is 0 Å². The van der Waals surface area contributed by atoms with E-state index in [0.717, 1.165) is 24.6 Å². The molecule has 2 rings (SSSR count). The number of nitrogens with zero attached hydrogens (tertiary/aromatic N) is 3. The first-order chi connectivity index (χ1) is 12.4. The smallest absolute Gasteiger partial charge is 0.228 e. The summed E-state index contributed by atoms with van der Waals surface area (Å²) in [5.74, 6) is 1.95. The van der Waals surface area contributed by atoms with Crippen LogP contribution >= 0.6 is 23.4 Å². The molecule has 0 bridgehead atoms. The van der Waals surface area contributed by atoms with Gasteiger partial charge in [0, 0.05) is 34.8 Å². The van der Waals surface area contributed by atoms with Crippen LogP contribution in [0.4, 0.5) is 0 Å². The summed E-state index contributed by atoms with van der Waals surface area (Å²) in [5.41, 5.74) is 0.881. The molecule has 0 amide bonds. The highest BCUT2D eigenvalue weighted by Crippen LogP contribution is 2.21. The molecule has 0 spiro atoms. The molecule has 0 aliphatic carbocycles. The second kappa shape index (κ2) is 9.83. The molecule has 2 aromatic rings. The monoisotopic (exact) mass is 395 g/mol. The lowest BCUT2D eigenvalue weighted by Gasteiger charge is -2.20. The number of guanidine groups is 1. The van der Waals surface area contributed by atoms with E-state index in [2.05, 4.69) is 45.9 Å². The summed E-state index contributed by atoms with van der Waals surface area (Å²) >= 11 is 7.71. The van der Waals surface area contributed by atoms with Crippen molar-refractivity contribution < 1.29 is 4.52 Å². The Hall–Kier alpha value is -1.73. The van der Waals surface area contributed by atoms with Crippen molar-refractivity contribution in [3.05, 3.63) is 35.2 Å². The Kier molecular flexibility index (Phi) is 7.78. The first-order valence-corrected chi connectivity index (χ1v) is 10.2. The van der Waals surface area contributed by atoms with Crippen LogP contribution in [-0.4, -0.2) is 46.7 Å². The van der Waals surface area contributed by atoms with E-state index in [4.69, 9.17) is 16.1 Å². The van der Waals surface area contributed by atoms with Crippen molar-refractivity contribution in [2.45, 2.75) is 31.9 Å². The van der Waals surface area contributed by atoms with Gasteiger partial charge in [0.15, 0.2) is 5.96 Å². The van der Waals surface area contributed by atoms with Gasteiger partial charge in [0.05, 0.1) is 6.54 Å². The average Bonchev–Trinajstić information content (AvgIpc) is 3.09. The number of rotatable bonds is 8. The van der Waals surface area contributed by atoms with Crippen molar-refractivity contribution >= 4 is 29.3 Å². The van der Waals surface area contributed by atoms with E-state index in [1.807, 2.05) is 31.2 Å². The summed E-state index contributed by atoms with van der Waals surface area (Å²) in [6.45, 7) is 8.63. The Morgan fingerprint density at radius 2 is 2.00 bits per heavy atom. The molecule has 1 heterocycles. The van der Waals surface area contributed by atoms with Crippen LogP contribution in [-0.2, 0) is 6.42 Å². The molecule has 0 radical (unpaired) electrons. The summed E-state index contributed by atoms with van der Waals surface area (Å²) in [4.78, 5) is 9.07. The topological polar surface area (TPSA) is 75.3 Å². The number of thioether (sulfide) groups is 1. The SMILES string of the molecule is CCNC(=NCC(C)(C)SC)NCCc1nc(-c2ccc(Cl)cc2)no1. The Morgan fingerprint density at radius 3 is 2.65 bits per heavy atom. The van der Waals surface area contributed by atoms with Crippen LogP contribution in [0.3, 0.4) is 0 Å². The number of aliphatic imine (C=N–C) groups is 1. The molecule has 2 N–H and O–H groups in total. The van der Waals surface area contributed by atoms with E-state index in [0.29, 0.717) is 29.7 Å². The average molecular weight is 396 g/mol. The van der Waals surface area contributed by atoms with Crippen LogP contribution in [0.1, 0.15) is 26.7 Å². The minimum atomic E-state index is 0.113. The lowest BCUT2D eigenvalue weighted by atomic mass is 10.2. The number of benzene rings is 1. The predicted octanol–water partition coefficient (Wildman–Crippen LogP) is 3.63. The van der Waals surface area contributed by atoms with Crippen LogP contribution < -0.4 is 10.6 Å². The van der Waals surface area contributed by atoms with E-state index < -0.39 is 0 Å². The Balaban J connectivity index is 1.89. The maximum atomic E-state index is 5.90. The van der Waals surface area contributed by atoms with Crippen LogP contribution in [0.2, 0.25) is 5.02 Å². The molecule has 26 heavy (non-hydrogen) atoms. The molecule has 1 aromatic heterocycles. The lowest BCUT2D eigenvalue weighted by molar-refractivity contribution is 0.378. The van der Waals surface area contributed by atoms with Crippen LogP contribution in [0, 0.1) is 0 Å². The highest BCUT2D eigenvalue weighted by atomic mass is 35.5. The fraction of sp³-hybridized carbons (Fsp3) is 0.500. The van der Waals surface area contributed by atoms with Gasteiger partial charge in [0.25, 0.3) is 0 Å². The minimum Gasteiger partial charge on any atom is -0.357 e. The second-order valence-electron chi connectivity index (χ2n) is 6.35. The zero-order valence-electron chi connectivity index (χ0n) is 15.7. The maximum Gasteiger partial charge on any atom is 0.228 e. The molecule has 0 atom stereocenters. The van der Waals surface area contributed by atoms with E-state index in [-0.39, 0.29) is 4.75 Å². The molecular formula is C18H26ClN5OS. The standard InChI is InChI=1S/C18H26ClN5OS/c1-5-20-17(22-12-18(2,3)26-4)21-11-10-15-23-16(24-25-15)13-6-8-14(19)9-7-13/h6-9H,5,10-12H2,1-4H3,(H2,20,21,22). The zero-order valence-corrected chi connectivity index (χ0v) is 17.2. The molecule has 0 saturated carbocycles. The fourth-order valence-corrected chi connectivity index (χ4v) is 2.36. The van der Waals surface area contributed by atoms with Crippen molar-refractivity contribution in [2.24, 2.45) is 4.99 Å². The van der Waals surface area contributed by atoms with Gasteiger partial charge in [-0.2, -0.15) is 16.7 Å². The molecule has 1 aromatic carbocycles. The van der Waals surface area contributed by atoms with E-state index >= 15 is 0 Å². The van der Waals surface area contributed by atoms with Crippen LogP contribution in [0.25, 0.3) is 11.4 Å². The van der Waals surface area contributed by atoms with Gasteiger partial charge in [-0.15, -0.1) is 0 Å². The first-order valence-electron chi connectivity index (χ1n) is 8.59. The van der Waals surface area contributed by atoms with Crippen molar-refractivity contribution in [1.82, 2.24) is 20.8 Å². The predicted molar refractivity (Wildman–Crippen MR) is 110 cm³/mol. The Bertz CT molecular complexity index is 715. The summed E-state index contributed by atoms with van der Waals surface area (Å²) < 4.78 is 5.44. The molecule has 142 valence electrons. The van der Waals surface area contributed by atoms with Gasteiger partial charge in [-0.3, -0.25) is 4.99 Å². The quantitative estimate of drug-likeness (QED) is 0.525. The van der Waals surface area contributed by atoms with Crippen molar-refractivity contribution in [2.75, 3.05) is 25.9 Å². The number of hydrogen-bond donors (Lipinski definition) is 2. The number of hydrogen-bond acceptors (Lipinski definition) is 5. The molecule has 6 nitrogen and oxygen atoms in total. The van der Waals surface area contributed by atoms with Crippen molar-refractivity contribution in [3.63, 3.8) is 0 Å². The van der Waals surface area contributed by atoms with Gasteiger partial charge in [-0.25, -0.2) is 0 Å². The van der Waals surface area contributed by atoms with E-state index in [9.17, 15) is 0 Å². The molecule has 0 unspecified atom stereocenters. The second-order valence-corrected chi connectivity index (χ2v) is 8.30. The van der Waals surface area contributed by atoms with Crippen LogP contribution in [0.15, 0.2) is 33.8 Å². The Morgan fingerprint density at radius 1 is 1.27 bits per heavy atom. The number of aromatic nitrogens is 2. The van der Waals surface area contributed by atoms with Gasteiger partial charge < -0.3 is 15.2 Å². The normalized spacial score (nSPS) is 12.3.